The largest absolute Gasteiger partial charge is 0.324 e. The Morgan fingerprint density at radius 3 is 2.29 bits per heavy atom. The Balaban J connectivity index is 2.23. The SMILES string of the molecule is NC(c1c(F)cccc1F)C1CCC(F)(F)C1. The smallest absolute Gasteiger partial charge is 0.248 e. The summed E-state index contributed by atoms with van der Waals surface area (Å²) in [7, 11) is 0. The van der Waals surface area contributed by atoms with E-state index in [4.69, 9.17) is 5.73 Å². The van der Waals surface area contributed by atoms with E-state index in [1.807, 2.05) is 0 Å². The van der Waals surface area contributed by atoms with E-state index in [1.165, 1.54) is 6.07 Å². The first kappa shape index (κ1) is 12.4. The van der Waals surface area contributed by atoms with E-state index in [1.54, 1.807) is 0 Å². The van der Waals surface area contributed by atoms with Crippen molar-refractivity contribution >= 4 is 0 Å². The quantitative estimate of drug-likeness (QED) is 0.796. The molecule has 1 aliphatic rings. The van der Waals surface area contributed by atoms with E-state index in [0.29, 0.717) is 0 Å². The van der Waals surface area contributed by atoms with Gasteiger partial charge in [-0.2, -0.15) is 0 Å². The topological polar surface area (TPSA) is 26.0 Å². The predicted molar refractivity (Wildman–Crippen MR) is 55.6 cm³/mol. The van der Waals surface area contributed by atoms with Crippen LogP contribution in [0.2, 0.25) is 0 Å². The second-order valence-corrected chi connectivity index (χ2v) is 4.52. The van der Waals surface area contributed by atoms with Gasteiger partial charge in [-0.1, -0.05) is 6.07 Å². The molecule has 94 valence electrons. The molecule has 0 radical (unpaired) electrons. The molecule has 2 rings (SSSR count). The summed E-state index contributed by atoms with van der Waals surface area (Å²) in [6, 6.07) is 2.39. The molecule has 2 N–H and O–H groups in total. The van der Waals surface area contributed by atoms with Crippen LogP contribution in [0.4, 0.5) is 17.6 Å². The number of hydrogen-bond donors (Lipinski definition) is 1. The van der Waals surface area contributed by atoms with Gasteiger partial charge in [0.2, 0.25) is 5.92 Å². The highest BCUT2D eigenvalue weighted by molar-refractivity contribution is 5.24. The number of rotatable bonds is 2. The van der Waals surface area contributed by atoms with Crippen molar-refractivity contribution in [3.63, 3.8) is 0 Å². The van der Waals surface area contributed by atoms with Gasteiger partial charge in [-0.15, -0.1) is 0 Å². The van der Waals surface area contributed by atoms with Gasteiger partial charge >= 0.3 is 0 Å². The van der Waals surface area contributed by atoms with E-state index < -0.39 is 35.9 Å². The molecule has 0 heterocycles. The summed E-state index contributed by atoms with van der Waals surface area (Å²) >= 11 is 0. The Kier molecular flexibility index (Phi) is 3.12. The van der Waals surface area contributed by atoms with Crippen LogP contribution in [0.15, 0.2) is 18.2 Å². The van der Waals surface area contributed by atoms with Crippen LogP contribution >= 0.6 is 0 Å². The average molecular weight is 247 g/mol. The van der Waals surface area contributed by atoms with Crippen molar-refractivity contribution in [3.8, 4) is 0 Å². The number of halogens is 4. The molecular weight excluding hydrogens is 234 g/mol. The molecule has 1 saturated carbocycles. The lowest BCUT2D eigenvalue weighted by molar-refractivity contribution is 0.00379. The zero-order chi connectivity index (χ0) is 12.6. The van der Waals surface area contributed by atoms with Gasteiger partial charge in [-0.3, -0.25) is 0 Å². The zero-order valence-corrected chi connectivity index (χ0v) is 9.10. The Morgan fingerprint density at radius 1 is 1.24 bits per heavy atom. The van der Waals surface area contributed by atoms with Crippen molar-refractivity contribution in [1.82, 2.24) is 0 Å². The van der Waals surface area contributed by atoms with E-state index in [2.05, 4.69) is 0 Å². The number of nitrogens with two attached hydrogens (primary N) is 1. The fourth-order valence-electron chi connectivity index (χ4n) is 2.36. The molecule has 5 heteroatoms. The third kappa shape index (κ3) is 2.44. The summed E-state index contributed by atoms with van der Waals surface area (Å²) < 4.78 is 52.9. The molecule has 2 atom stereocenters. The van der Waals surface area contributed by atoms with Gasteiger partial charge in [0, 0.05) is 24.4 Å². The van der Waals surface area contributed by atoms with Gasteiger partial charge in [0.05, 0.1) is 0 Å². The molecule has 0 amide bonds. The first-order valence-electron chi connectivity index (χ1n) is 5.48. The van der Waals surface area contributed by atoms with Crippen molar-refractivity contribution in [2.45, 2.75) is 31.2 Å². The van der Waals surface area contributed by atoms with Crippen LogP contribution in [0.3, 0.4) is 0 Å². The second kappa shape index (κ2) is 4.29. The highest BCUT2D eigenvalue weighted by Crippen LogP contribution is 2.44. The van der Waals surface area contributed by atoms with Crippen molar-refractivity contribution in [1.29, 1.82) is 0 Å². The standard InChI is InChI=1S/C12H13F4N/c13-8-2-1-3-9(14)10(8)11(17)7-4-5-12(15,16)6-7/h1-3,7,11H,4-6,17H2. The minimum absolute atomic E-state index is 0.196. The lowest BCUT2D eigenvalue weighted by Crippen LogP contribution is -2.23. The molecule has 0 bridgehead atoms. The van der Waals surface area contributed by atoms with E-state index >= 15 is 0 Å². The van der Waals surface area contributed by atoms with E-state index in [9.17, 15) is 17.6 Å². The highest BCUT2D eigenvalue weighted by atomic mass is 19.3. The van der Waals surface area contributed by atoms with E-state index in [-0.39, 0.29) is 18.4 Å². The molecular formula is C12H13F4N. The summed E-state index contributed by atoms with van der Waals surface area (Å²) in [6.07, 6.45) is -0.467. The van der Waals surface area contributed by atoms with Crippen LogP contribution < -0.4 is 5.73 Å². The van der Waals surface area contributed by atoms with Crippen molar-refractivity contribution in [3.05, 3.63) is 35.4 Å². The lowest BCUT2D eigenvalue weighted by atomic mass is 9.91. The first-order valence-corrected chi connectivity index (χ1v) is 5.48. The Hall–Kier alpha value is -1.10. The minimum atomic E-state index is -2.76. The molecule has 0 aliphatic heterocycles. The van der Waals surface area contributed by atoms with Crippen LogP contribution in [0, 0.1) is 17.6 Å². The molecule has 1 aliphatic carbocycles. The molecule has 0 saturated heterocycles. The Morgan fingerprint density at radius 2 is 1.82 bits per heavy atom. The number of alkyl halides is 2. The molecule has 0 spiro atoms. The summed E-state index contributed by atoms with van der Waals surface area (Å²) in [5.41, 5.74) is 5.43. The third-order valence-electron chi connectivity index (χ3n) is 3.28. The number of hydrogen-bond acceptors (Lipinski definition) is 1. The molecule has 1 nitrogen and oxygen atoms in total. The molecule has 2 unspecified atom stereocenters. The maximum atomic E-state index is 13.4. The Bertz CT molecular complexity index is 399. The highest BCUT2D eigenvalue weighted by Gasteiger charge is 2.42. The van der Waals surface area contributed by atoms with Crippen molar-refractivity contribution < 1.29 is 17.6 Å². The van der Waals surface area contributed by atoms with Gasteiger partial charge in [-0.05, 0) is 24.5 Å². The fourth-order valence-corrected chi connectivity index (χ4v) is 2.36. The van der Waals surface area contributed by atoms with Crippen LogP contribution in [0.25, 0.3) is 0 Å². The van der Waals surface area contributed by atoms with Crippen LogP contribution in [-0.4, -0.2) is 5.92 Å². The zero-order valence-electron chi connectivity index (χ0n) is 9.10. The summed E-state index contributed by atoms with van der Waals surface area (Å²) in [5.74, 6) is -4.87. The summed E-state index contributed by atoms with van der Waals surface area (Å²) in [5, 5.41) is 0. The second-order valence-electron chi connectivity index (χ2n) is 4.52. The Labute approximate surface area is 96.6 Å². The summed E-state index contributed by atoms with van der Waals surface area (Å²) in [4.78, 5) is 0. The van der Waals surface area contributed by atoms with E-state index in [0.717, 1.165) is 12.1 Å². The summed E-state index contributed by atoms with van der Waals surface area (Å²) in [6.45, 7) is 0. The van der Waals surface area contributed by atoms with Crippen molar-refractivity contribution in [2.75, 3.05) is 0 Å². The molecule has 17 heavy (non-hydrogen) atoms. The normalized spacial score (nSPS) is 24.9. The first-order chi connectivity index (χ1) is 7.91. The lowest BCUT2D eigenvalue weighted by Gasteiger charge is -2.20. The van der Waals surface area contributed by atoms with Gasteiger partial charge in [0.1, 0.15) is 11.6 Å². The monoisotopic (exact) mass is 247 g/mol. The van der Waals surface area contributed by atoms with Crippen molar-refractivity contribution in [2.24, 2.45) is 11.7 Å². The fraction of sp³-hybridized carbons (Fsp3) is 0.500. The van der Waals surface area contributed by atoms with Crippen LogP contribution in [0.5, 0.6) is 0 Å². The van der Waals surface area contributed by atoms with Gasteiger partial charge in [-0.25, -0.2) is 17.6 Å². The average Bonchev–Trinajstić information content (AvgIpc) is 2.58. The number of benzene rings is 1. The molecule has 1 aromatic carbocycles. The third-order valence-corrected chi connectivity index (χ3v) is 3.28. The van der Waals surface area contributed by atoms with Crippen LogP contribution in [-0.2, 0) is 0 Å². The minimum Gasteiger partial charge on any atom is -0.324 e. The van der Waals surface area contributed by atoms with Crippen LogP contribution in [0.1, 0.15) is 30.9 Å². The molecule has 1 fully saturated rings. The van der Waals surface area contributed by atoms with Gasteiger partial charge in [0.25, 0.3) is 0 Å². The maximum Gasteiger partial charge on any atom is 0.248 e. The van der Waals surface area contributed by atoms with Gasteiger partial charge in [0.15, 0.2) is 0 Å². The van der Waals surface area contributed by atoms with Gasteiger partial charge < -0.3 is 5.73 Å². The predicted octanol–water partition coefficient (Wildman–Crippen LogP) is 3.40. The molecule has 0 aromatic heterocycles. The maximum absolute atomic E-state index is 13.4. The molecule has 1 aromatic rings.